The van der Waals surface area contributed by atoms with Gasteiger partial charge in [-0.2, -0.15) is 0 Å². The number of aliphatic hydroxyl groups excluding tert-OH is 1. The smallest absolute Gasteiger partial charge is 0.123 e. The summed E-state index contributed by atoms with van der Waals surface area (Å²) in [4.78, 5) is 0. The van der Waals surface area contributed by atoms with Gasteiger partial charge in [-0.1, -0.05) is 19.1 Å². The highest BCUT2D eigenvalue weighted by atomic mass is 16.3. The van der Waals surface area contributed by atoms with Gasteiger partial charge in [0.2, 0.25) is 0 Å². The molecule has 0 bridgehead atoms. The first-order valence-electron chi connectivity index (χ1n) is 4.79. The highest BCUT2D eigenvalue weighted by Gasteiger charge is 2.12. The summed E-state index contributed by atoms with van der Waals surface area (Å²) in [5.74, 6) is 0.198. The minimum atomic E-state index is -0.500. The Morgan fingerprint density at radius 1 is 1.43 bits per heavy atom. The quantitative estimate of drug-likeness (QED) is 0.680. The molecule has 3 nitrogen and oxygen atoms in total. The van der Waals surface area contributed by atoms with Crippen molar-refractivity contribution in [1.29, 1.82) is 0 Å². The normalized spacial score (nSPS) is 12.9. The van der Waals surface area contributed by atoms with E-state index in [9.17, 15) is 5.11 Å². The topological polar surface area (TPSA) is 66.5 Å². The molecule has 0 aromatic heterocycles. The molecule has 1 aromatic carbocycles. The molecule has 0 aliphatic heterocycles. The third-order valence-electron chi connectivity index (χ3n) is 2.39. The third kappa shape index (κ3) is 2.05. The van der Waals surface area contributed by atoms with E-state index >= 15 is 0 Å². The molecular formula is C11H17NO2. The molecule has 0 radical (unpaired) electrons. The van der Waals surface area contributed by atoms with Crippen molar-refractivity contribution in [3.8, 4) is 5.75 Å². The average Bonchev–Trinajstić information content (AvgIpc) is 2.20. The molecule has 0 heterocycles. The van der Waals surface area contributed by atoms with E-state index in [1.54, 1.807) is 0 Å². The van der Waals surface area contributed by atoms with Crippen LogP contribution in [-0.2, 0) is 6.42 Å². The molecular weight excluding hydrogens is 178 g/mol. The van der Waals surface area contributed by atoms with Crippen LogP contribution in [0.25, 0.3) is 0 Å². The number of rotatable bonds is 3. The van der Waals surface area contributed by atoms with E-state index in [0.717, 1.165) is 17.5 Å². The van der Waals surface area contributed by atoms with Gasteiger partial charge in [0, 0.05) is 5.56 Å². The number of aryl methyl sites for hydroxylation is 2. The fourth-order valence-electron chi connectivity index (χ4n) is 1.47. The molecule has 1 aromatic rings. The molecule has 1 rings (SSSR count). The van der Waals surface area contributed by atoms with Gasteiger partial charge in [0.25, 0.3) is 0 Å². The molecule has 78 valence electrons. The van der Waals surface area contributed by atoms with Crippen LogP contribution in [0, 0.1) is 6.92 Å². The molecule has 4 N–H and O–H groups in total. The van der Waals surface area contributed by atoms with Crippen LogP contribution in [0.5, 0.6) is 5.75 Å². The Bertz CT molecular complexity index is 323. The predicted octanol–water partition coefficient (Wildman–Crippen LogP) is 1.26. The van der Waals surface area contributed by atoms with Gasteiger partial charge >= 0.3 is 0 Å². The molecule has 0 spiro atoms. The monoisotopic (exact) mass is 195 g/mol. The van der Waals surface area contributed by atoms with Crippen molar-refractivity contribution in [2.24, 2.45) is 5.73 Å². The number of nitrogens with two attached hydrogens (primary N) is 1. The van der Waals surface area contributed by atoms with Crippen LogP contribution in [-0.4, -0.2) is 16.8 Å². The van der Waals surface area contributed by atoms with Crippen LogP contribution in [0.15, 0.2) is 12.1 Å². The second-order valence-electron chi connectivity index (χ2n) is 3.49. The zero-order valence-electron chi connectivity index (χ0n) is 8.62. The maximum absolute atomic E-state index is 9.73. The van der Waals surface area contributed by atoms with Crippen LogP contribution in [0.1, 0.15) is 29.7 Å². The lowest BCUT2D eigenvalue weighted by atomic mass is 9.99. The predicted molar refractivity (Wildman–Crippen MR) is 56.2 cm³/mol. The second-order valence-corrected chi connectivity index (χ2v) is 3.49. The molecule has 0 unspecified atom stereocenters. The Balaban J connectivity index is 3.20. The van der Waals surface area contributed by atoms with Gasteiger partial charge in [0.05, 0.1) is 12.6 Å². The van der Waals surface area contributed by atoms with Gasteiger partial charge in [-0.3, -0.25) is 0 Å². The first-order valence-corrected chi connectivity index (χ1v) is 4.79. The van der Waals surface area contributed by atoms with Gasteiger partial charge in [-0.15, -0.1) is 0 Å². The third-order valence-corrected chi connectivity index (χ3v) is 2.39. The van der Waals surface area contributed by atoms with Gasteiger partial charge < -0.3 is 15.9 Å². The Kier molecular flexibility index (Phi) is 3.49. The zero-order chi connectivity index (χ0) is 10.7. The first kappa shape index (κ1) is 11.0. The second kappa shape index (κ2) is 4.44. The SMILES string of the molecule is CCc1cc(C)c(O)c([C@@H](N)CO)c1. The van der Waals surface area contributed by atoms with Crippen LogP contribution in [0.4, 0.5) is 0 Å². The molecule has 0 saturated carbocycles. The highest BCUT2D eigenvalue weighted by molar-refractivity contribution is 5.44. The molecule has 3 heteroatoms. The minimum Gasteiger partial charge on any atom is -0.507 e. The molecule has 0 fully saturated rings. The summed E-state index contributed by atoms with van der Waals surface area (Å²) < 4.78 is 0. The molecule has 0 saturated heterocycles. The summed E-state index contributed by atoms with van der Waals surface area (Å²) >= 11 is 0. The number of hydrogen-bond donors (Lipinski definition) is 3. The van der Waals surface area contributed by atoms with E-state index < -0.39 is 6.04 Å². The standard InChI is InChI=1S/C11H17NO2/c1-3-8-4-7(2)11(14)9(5-8)10(12)6-13/h4-5,10,13-14H,3,6,12H2,1-2H3/t10-/m0/s1. The van der Waals surface area contributed by atoms with Crippen LogP contribution < -0.4 is 5.73 Å². The summed E-state index contributed by atoms with van der Waals surface area (Å²) in [6.07, 6.45) is 0.895. The largest absolute Gasteiger partial charge is 0.507 e. The van der Waals surface area contributed by atoms with E-state index in [1.807, 2.05) is 26.0 Å². The van der Waals surface area contributed by atoms with Gasteiger partial charge in [0.15, 0.2) is 0 Å². The maximum Gasteiger partial charge on any atom is 0.123 e. The number of aliphatic hydroxyl groups is 1. The van der Waals surface area contributed by atoms with E-state index in [2.05, 4.69) is 0 Å². The van der Waals surface area contributed by atoms with Crippen molar-refractivity contribution in [2.45, 2.75) is 26.3 Å². The highest BCUT2D eigenvalue weighted by Crippen LogP contribution is 2.28. The van der Waals surface area contributed by atoms with Crippen molar-refractivity contribution in [1.82, 2.24) is 0 Å². The lowest BCUT2D eigenvalue weighted by Crippen LogP contribution is -2.15. The summed E-state index contributed by atoms with van der Waals surface area (Å²) in [6.45, 7) is 3.72. The van der Waals surface area contributed by atoms with E-state index in [0.29, 0.717) is 5.56 Å². The molecule has 1 atom stereocenters. The lowest BCUT2D eigenvalue weighted by molar-refractivity contribution is 0.265. The maximum atomic E-state index is 9.73. The van der Waals surface area contributed by atoms with Crippen LogP contribution in [0.3, 0.4) is 0 Å². The molecule has 0 amide bonds. The number of hydrogen-bond acceptors (Lipinski definition) is 3. The Morgan fingerprint density at radius 3 is 2.57 bits per heavy atom. The zero-order valence-corrected chi connectivity index (χ0v) is 8.62. The summed E-state index contributed by atoms with van der Waals surface area (Å²) in [6, 6.07) is 3.28. The summed E-state index contributed by atoms with van der Waals surface area (Å²) in [5.41, 5.74) is 8.24. The van der Waals surface area contributed by atoms with Gasteiger partial charge in [-0.25, -0.2) is 0 Å². The number of aromatic hydroxyl groups is 1. The number of benzene rings is 1. The van der Waals surface area contributed by atoms with Crippen molar-refractivity contribution in [3.63, 3.8) is 0 Å². The molecule has 0 aliphatic rings. The molecule has 0 aliphatic carbocycles. The van der Waals surface area contributed by atoms with Crippen molar-refractivity contribution < 1.29 is 10.2 Å². The Morgan fingerprint density at radius 2 is 2.07 bits per heavy atom. The number of phenols is 1. The van der Waals surface area contributed by atoms with Crippen molar-refractivity contribution in [3.05, 3.63) is 28.8 Å². The fraction of sp³-hybridized carbons (Fsp3) is 0.455. The summed E-state index contributed by atoms with van der Waals surface area (Å²) in [7, 11) is 0. The average molecular weight is 195 g/mol. The Hall–Kier alpha value is -1.06. The number of phenolic OH excluding ortho intramolecular Hbond substituents is 1. The van der Waals surface area contributed by atoms with Crippen LogP contribution >= 0.6 is 0 Å². The first-order chi connectivity index (χ1) is 6.60. The van der Waals surface area contributed by atoms with E-state index in [-0.39, 0.29) is 12.4 Å². The van der Waals surface area contributed by atoms with E-state index in [1.165, 1.54) is 0 Å². The summed E-state index contributed by atoms with van der Waals surface area (Å²) in [5, 5.41) is 18.7. The van der Waals surface area contributed by atoms with Gasteiger partial charge in [-0.05, 0) is 24.5 Å². The van der Waals surface area contributed by atoms with Crippen molar-refractivity contribution in [2.75, 3.05) is 6.61 Å². The van der Waals surface area contributed by atoms with Crippen LogP contribution in [0.2, 0.25) is 0 Å². The molecule has 14 heavy (non-hydrogen) atoms. The lowest BCUT2D eigenvalue weighted by Gasteiger charge is -2.14. The minimum absolute atomic E-state index is 0.153. The Labute approximate surface area is 84.2 Å². The van der Waals surface area contributed by atoms with Crippen molar-refractivity contribution >= 4 is 0 Å². The van der Waals surface area contributed by atoms with E-state index in [4.69, 9.17) is 10.8 Å². The van der Waals surface area contributed by atoms with Gasteiger partial charge in [0.1, 0.15) is 5.75 Å². The fourth-order valence-corrected chi connectivity index (χ4v) is 1.47.